The fourth-order valence-electron chi connectivity index (χ4n) is 5.94. The lowest BCUT2D eigenvalue weighted by Crippen LogP contribution is -2.12. The number of amides is 3. The van der Waals surface area contributed by atoms with Crippen molar-refractivity contribution in [2.24, 2.45) is 0 Å². The van der Waals surface area contributed by atoms with Crippen LogP contribution in [0.5, 0.6) is 34.9 Å². The number of terminal acetylenes is 1. The first-order valence-electron chi connectivity index (χ1n) is 21.0. The molecule has 0 radical (unpaired) electrons. The number of hydrogen-bond donors (Lipinski definition) is 3. The average Bonchev–Trinajstić information content (AvgIpc) is 3.38. The summed E-state index contributed by atoms with van der Waals surface area (Å²) in [7, 11) is 0. The van der Waals surface area contributed by atoms with Crippen LogP contribution < -0.4 is 30.2 Å². The molecule has 0 fully saturated rings. The lowest BCUT2D eigenvalue weighted by atomic mass is 10.1. The molecular weight excluding hydrogens is 901 g/mol. The second-order valence-electron chi connectivity index (χ2n) is 14.5. The molecule has 0 aliphatic carbocycles. The van der Waals surface area contributed by atoms with E-state index in [0.717, 1.165) is 11.1 Å². The van der Waals surface area contributed by atoms with Crippen LogP contribution in [0.1, 0.15) is 55.2 Å². The number of hydrogen-bond acceptors (Lipinski definition) is 15. The summed E-state index contributed by atoms with van der Waals surface area (Å²) in [6, 6.07) is 31.5. The van der Waals surface area contributed by atoms with Crippen LogP contribution in [0.3, 0.4) is 0 Å². The SMILES string of the molecule is C.C#Cc1cccc(C(=O)Nc2ccnc(Oc3cncnc3)c2)c1.Cc1cccc(C(=O)Nc2ccnc(Oc3cncnc3)c2)c1.Cc1cccc(C(=O)Nc2ccnc(Oc3cncnc3)c2)c1. The van der Waals surface area contributed by atoms with Gasteiger partial charge in [-0.05, 0) is 74.5 Å². The van der Waals surface area contributed by atoms with Crippen molar-refractivity contribution in [2.75, 3.05) is 16.0 Å². The molecule has 3 amide bonds. The molecule has 9 rings (SSSR count). The third-order valence-corrected chi connectivity index (χ3v) is 9.11. The van der Waals surface area contributed by atoms with Gasteiger partial charge in [-0.2, -0.15) is 0 Å². The Morgan fingerprint density at radius 2 is 0.775 bits per heavy atom. The highest BCUT2D eigenvalue weighted by atomic mass is 16.5. The molecule has 3 N–H and O–H groups in total. The van der Waals surface area contributed by atoms with Gasteiger partial charge in [0.05, 0.1) is 37.2 Å². The maximum absolute atomic E-state index is 12.3. The number of rotatable bonds is 12. The molecule has 0 unspecified atom stereocenters. The molecule has 0 atom stereocenters. The Labute approximate surface area is 408 Å². The summed E-state index contributed by atoms with van der Waals surface area (Å²) < 4.78 is 16.6. The van der Waals surface area contributed by atoms with Crippen molar-refractivity contribution in [1.82, 2.24) is 44.9 Å². The third-order valence-electron chi connectivity index (χ3n) is 9.11. The van der Waals surface area contributed by atoms with Crippen LogP contribution in [0.15, 0.2) is 184 Å². The number of ether oxygens (including phenoxy) is 3. The number of carbonyl (C=O) groups excluding carboxylic acids is 3. The van der Waals surface area contributed by atoms with Crippen LogP contribution in [0.25, 0.3) is 0 Å². The monoisotopic (exact) mass is 944 g/mol. The van der Waals surface area contributed by atoms with Crippen LogP contribution >= 0.6 is 0 Å². The number of pyridine rings is 3. The van der Waals surface area contributed by atoms with Crippen molar-refractivity contribution in [3.8, 4) is 47.2 Å². The molecule has 3 aromatic carbocycles. The first kappa shape index (κ1) is 50.1. The number of anilines is 3. The van der Waals surface area contributed by atoms with Crippen LogP contribution in [-0.2, 0) is 0 Å². The average molecular weight is 945 g/mol. The van der Waals surface area contributed by atoms with E-state index >= 15 is 0 Å². The second kappa shape index (κ2) is 25.6. The largest absolute Gasteiger partial charge is 0.436 e. The lowest BCUT2D eigenvalue weighted by molar-refractivity contribution is 0.101. The summed E-state index contributed by atoms with van der Waals surface area (Å²) >= 11 is 0. The molecule has 0 bridgehead atoms. The van der Waals surface area contributed by atoms with E-state index in [4.69, 9.17) is 20.6 Å². The van der Waals surface area contributed by atoms with Gasteiger partial charge in [0.25, 0.3) is 17.7 Å². The topological polar surface area (TPSA) is 231 Å². The van der Waals surface area contributed by atoms with Gasteiger partial charge in [0, 0.05) is 76.1 Å². The van der Waals surface area contributed by atoms with Gasteiger partial charge in [0.2, 0.25) is 17.6 Å². The number of aromatic nitrogens is 9. The predicted molar refractivity (Wildman–Crippen MR) is 266 cm³/mol. The van der Waals surface area contributed by atoms with Gasteiger partial charge in [0.15, 0.2) is 17.2 Å². The zero-order valence-electron chi connectivity index (χ0n) is 37.4. The van der Waals surface area contributed by atoms with E-state index in [0.29, 0.717) is 74.2 Å². The number of nitrogens with one attached hydrogen (secondary N) is 3. The van der Waals surface area contributed by atoms with E-state index in [9.17, 15) is 14.4 Å². The van der Waals surface area contributed by atoms with Crippen LogP contribution in [0, 0.1) is 26.2 Å². The summed E-state index contributed by atoms with van der Waals surface area (Å²) in [4.78, 5) is 72.2. The molecule has 0 aliphatic rings. The Morgan fingerprint density at radius 1 is 0.451 bits per heavy atom. The Bertz CT molecular complexity index is 3090. The van der Waals surface area contributed by atoms with Gasteiger partial charge in [0.1, 0.15) is 19.0 Å². The van der Waals surface area contributed by atoms with Crippen molar-refractivity contribution >= 4 is 34.8 Å². The van der Waals surface area contributed by atoms with E-state index in [1.165, 1.54) is 62.4 Å². The van der Waals surface area contributed by atoms with Gasteiger partial charge in [-0.25, -0.2) is 44.9 Å². The first-order chi connectivity index (χ1) is 34.1. The lowest BCUT2D eigenvalue weighted by Gasteiger charge is -2.08. The molecule has 71 heavy (non-hydrogen) atoms. The molecule has 0 saturated carbocycles. The minimum atomic E-state index is -0.271. The van der Waals surface area contributed by atoms with Crippen molar-refractivity contribution in [2.45, 2.75) is 21.3 Å². The number of nitrogens with zero attached hydrogens (tertiary/aromatic N) is 9. The molecule has 0 saturated heterocycles. The van der Waals surface area contributed by atoms with Gasteiger partial charge >= 0.3 is 0 Å². The van der Waals surface area contributed by atoms with E-state index < -0.39 is 0 Å². The molecule has 0 spiro atoms. The molecule has 18 nitrogen and oxygen atoms in total. The van der Waals surface area contributed by atoms with Crippen molar-refractivity contribution in [3.63, 3.8) is 0 Å². The summed E-state index contributed by atoms with van der Waals surface area (Å²) in [5, 5.41) is 8.42. The Morgan fingerprint density at radius 3 is 1.10 bits per heavy atom. The molecule has 18 heteroatoms. The number of aryl methyl sites for hydroxylation is 2. The Hall–Kier alpha value is -10.3. The summed E-state index contributed by atoms with van der Waals surface area (Å²) in [6.45, 7) is 3.88. The normalized spacial score (nSPS) is 9.87. The van der Waals surface area contributed by atoms with Gasteiger partial charge in [-0.15, -0.1) is 6.42 Å². The van der Waals surface area contributed by atoms with E-state index in [1.54, 1.807) is 85.2 Å². The standard InChI is InChI=1S/C18H12N4O2.2C17H14N4O2.CH4/c1-2-13-4-3-5-14(8-13)18(23)22-15-6-7-21-17(9-15)24-16-10-19-12-20-11-16;2*1-12-3-2-4-13(7-12)17(22)21-14-5-6-20-16(8-14)23-15-9-18-11-19-10-15;/h1,3-12H,(H,21,22,23);2*2-11H,1H3,(H,20,21,22);1H4. The molecule has 0 aliphatic heterocycles. The second-order valence-corrected chi connectivity index (χ2v) is 14.5. The summed E-state index contributed by atoms with van der Waals surface area (Å²) in [5.41, 5.74) is 6.11. The summed E-state index contributed by atoms with van der Waals surface area (Å²) in [6.07, 6.45) is 23.4. The quantitative estimate of drug-likeness (QED) is 0.0967. The number of carbonyl (C=O) groups is 3. The maximum Gasteiger partial charge on any atom is 0.255 e. The Balaban J connectivity index is 0.000000173. The first-order valence-corrected chi connectivity index (χ1v) is 21.0. The molecule has 9 aromatic rings. The van der Waals surface area contributed by atoms with Crippen LogP contribution in [-0.4, -0.2) is 62.6 Å². The minimum absolute atomic E-state index is 0. The zero-order chi connectivity index (χ0) is 48.9. The zero-order valence-corrected chi connectivity index (χ0v) is 37.4. The molecular formula is C53H44N12O6. The highest BCUT2D eigenvalue weighted by Gasteiger charge is 2.11. The predicted octanol–water partition coefficient (Wildman–Crippen LogP) is 9.98. The molecule has 6 aromatic heterocycles. The summed E-state index contributed by atoms with van der Waals surface area (Å²) in [5.74, 6) is 4.28. The minimum Gasteiger partial charge on any atom is -0.436 e. The van der Waals surface area contributed by atoms with E-state index in [2.05, 4.69) is 66.7 Å². The fourth-order valence-corrected chi connectivity index (χ4v) is 5.94. The van der Waals surface area contributed by atoms with Gasteiger partial charge in [-0.3, -0.25) is 14.4 Å². The smallest absolute Gasteiger partial charge is 0.255 e. The maximum atomic E-state index is 12.3. The van der Waals surface area contributed by atoms with Crippen LogP contribution in [0.2, 0.25) is 0 Å². The van der Waals surface area contributed by atoms with Crippen molar-refractivity contribution in [1.29, 1.82) is 0 Å². The molecule has 6 heterocycles. The van der Waals surface area contributed by atoms with Crippen LogP contribution in [0.4, 0.5) is 17.1 Å². The Kier molecular flexibility index (Phi) is 18.1. The van der Waals surface area contributed by atoms with Crippen molar-refractivity contribution in [3.05, 3.63) is 217 Å². The highest BCUT2D eigenvalue weighted by Crippen LogP contribution is 2.24. The highest BCUT2D eigenvalue weighted by molar-refractivity contribution is 6.05. The van der Waals surface area contributed by atoms with Gasteiger partial charge in [-0.1, -0.05) is 54.8 Å². The number of benzene rings is 3. The van der Waals surface area contributed by atoms with Crippen molar-refractivity contribution < 1.29 is 28.6 Å². The van der Waals surface area contributed by atoms with E-state index in [-0.39, 0.29) is 25.1 Å². The fraction of sp³-hybridized carbons (Fsp3) is 0.0566. The molecule has 352 valence electrons. The van der Waals surface area contributed by atoms with Gasteiger partial charge < -0.3 is 30.2 Å². The van der Waals surface area contributed by atoms with E-state index in [1.807, 2.05) is 50.2 Å². The third kappa shape index (κ3) is 15.9.